The zero-order valence-electron chi connectivity index (χ0n) is 6.65. The summed E-state index contributed by atoms with van der Waals surface area (Å²) in [5.74, 6) is 0.357. The lowest BCUT2D eigenvalue weighted by Crippen LogP contribution is -2.03. The van der Waals surface area contributed by atoms with E-state index < -0.39 is 5.56 Å². The summed E-state index contributed by atoms with van der Waals surface area (Å²) in [5, 5.41) is 1.17. The largest absolute Gasteiger partial charge is 0.472 e. The Morgan fingerprint density at radius 2 is 1.62 bits per heavy atom. The van der Waals surface area contributed by atoms with Gasteiger partial charge in [0.2, 0.25) is 0 Å². The molecule has 1 nitrogen and oxygen atoms in total. The molecule has 0 bridgehead atoms. The van der Waals surface area contributed by atoms with Crippen LogP contribution in [0.3, 0.4) is 0 Å². The van der Waals surface area contributed by atoms with Gasteiger partial charge in [0.05, 0.1) is 10.0 Å². The standard InChI is InChI=1S/C8H6Cl4O/c1-4(9)13-8-6(11)2-5(10)3-7(8)12/h2-4H,1H3. The molecule has 1 aromatic carbocycles. The molecular formula is C8H6Cl4O. The van der Waals surface area contributed by atoms with Gasteiger partial charge in [0.25, 0.3) is 0 Å². The van der Waals surface area contributed by atoms with Gasteiger partial charge in [-0.25, -0.2) is 0 Å². The summed E-state index contributed by atoms with van der Waals surface area (Å²) >= 11 is 23.0. The molecular weight excluding hydrogens is 254 g/mol. The van der Waals surface area contributed by atoms with Crippen molar-refractivity contribution < 1.29 is 4.74 Å². The van der Waals surface area contributed by atoms with Gasteiger partial charge in [-0.3, -0.25) is 0 Å². The summed E-state index contributed by atoms with van der Waals surface area (Å²) in [6.07, 6.45) is 0. The van der Waals surface area contributed by atoms with Crippen molar-refractivity contribution in [2.75, 3.05) is 0 Å². The van der Waals surface area contributed by atoms with Crippen molar-refractivity contribution >= 4 is 46.4 Å². The monoisotopic (exact) mass is 258 g/mol. The second-order valence-electron chi connectivity index (χ2n) is 2.36. The molecule has 0 N–H and O–H groups in total. The molecule has 0 saturated heterocycles. The Kier molecular flexibility index (Phi) is 3.99. The summed E-state index contributed by atoms with van der Waals surface area (Å²) in [6.45, 7) is 1.67. The lowest BCUT2D eigenvalue weighted by molar-refractivity contribution is 0.301. The van der Waals surface area contributed by atoms with E-state index in [0.29, 0.717) is 20.8 Å². The average Bonchev–Trinajstić information content (AvgIpc) is 1.96. The zero-order valence-corrected chi connectivity index (χ0v) is 9.68. The number of halogens is 4. The molecule has 1 rings (SSSR count). The summed E-state index contributed by atoms with van der Waals surface area (Å²) in [5.41, 5.74) is -0.490. The molecule has 0 heterocycles. The molecule has 0 aromatic heterocycles. The fourth-order valence-electron chi connectivity index (χ4n) is 0.804. The van der Waals surface area contributed by atoms with E-state index >= 15 is 0 Å². The molecule has 0 amide bonds. The van der Waals surface area contributed by atoms with Crippen LogP contribution in [0.4, 0.5) is 0 Å². The van der Waals surface area contributed by atoms with Gasteiger partial charge in [-0.1, -0.05) is 46.4 Å². The van der Waals surface area contributed by atoms with E-state index in [-0.39, 0.29) is 0 Å². The molecule has 72 valence electrons. The van der Waals surface area contributed by atoms with E-state index in [2.05, 4.69) is 0 Å². The minimum absolute atomic E-state index is 0.352. The number of hydrogen-bond acceptors (Lipinski definition) is 1. The Balaban J connectivity index is 3.06. The molecule has 1 atom stereocenters. The number of ether oxygens (including phenoxy) is 1. The highest BCUT2D eigenvalue weighted by atomic mass is 35.5. The average molecular weight is 260 g/mol. The van der Waals surface area contributed by atoms with E-state index in [1.54, 1.807) is 19.1 Å². The topological polar surface area (TPSA) is 9.23 Å². The Morgan fingerprint density at radius 3 is 2.00 bits per heavy atom. The maximum absolute atomic E-state index is 5.83. The van der Waals surface area contributed by atoms with Crippen LogP contribution in [0.5, 0.6) is 5.75 Å². The fraction of sp³-hybridized carbons (Fsp3) is 0.250. The van der Waals surface area contributed by atoms with Crippen molar-refractivity contribution in [3.05, 3.63) is 27.2 Å². The number of rotatable bonds is 2. The van der Waals surface area contributed by atoms with Gasteiger partial charge >= 0.3 is 0 Å². The molecule has 0 aliphatic heterocycles. The minimum Gasteiger partial charge on any atom is -0.472 e. The van der Waals surface area contributed by atoms with E-state index in [1.807, 2.05) is 0 Å². The van der Waals surface area contributed by atoms with Gasteiger partial charge in [-0.15, -0.1) is 0 Å². The summed E-state index contributed by atoms with van der Waals surface area (Å²) in [6, 6.07) is 3.09. The highest BCUT2D eigenvalue weighted by molar-refractivity contribution is 6.40. The molecule has 1 unspecified atom stereocenters. The maximum Gasteiger partial charge on any atom is 0.169 e. The third kappa shape index (κ3) is 3.10. The Labute approximate surface area is 96.5 Å². The lowest BCUT2D eigenvalue weighted by Gasteiger charge is -2.11. The summed E-state index contributed by atoms with van der Waals surface area (Å²) in [7, 11) is 0. The van der Waals surface area contributed by atoms with Gasteiger partial charge in [0.15, 0.2) is 11.3 Å². The second-order valence-corrected chi connectivity index (χ2v) is 4.22. The number of hydrogen-bond donors (Lipinski definition) is 0. The zero-order chi connectivity index (χ0) is 10.0. The Hall–Kier alpha value is 0.180. The first kappa shape index (κ1) is 11.3. The molecule has 0 aliphatic carbocycles. The number of benzene rings is 1. The van der Waals surface area contributed by atoms with Crippen LogP contribution in [0.1, 0.15) is 6.92 Å². The van der Waals surface area contributed by atoms with Crippen LogP contribution in [-0.2, 0) is 0 Å². The third-order valence-corrected chi connectivity index (χ3v) is 2.11. The van der Waals surface area contributed by atoms with Crippen molar-refractivity contribution in [3.8, 4) is 5.75 Å². The van der Waals surface area contributed by atoms with Gasteiger partial charge in [-0.2, -0.15) is 0 Å². The summed E-state index contributed by atoms with van der Waals surface area (Å²) < 4.78 is 5.17. The molecule has 0 radical (unpaired) electrons. The highest BCUT2D eigenvalue weighted by Gasteiger charge is 2.10. The highest BCUT2D eigenvalue weighted by Crippen LogP contribution is 2.36. The van der Waals surface area contributed by atoms with Crippen molar-refractivity contribution in [1.29, 1.82) is 0 Å². The Bertz CT molecular complexity index is 288. The minimum atomic E-state index is -0.490. The fourth-order valence-corrected chi connectivity index (χ4v) is 1.80. The first-order valence-electron chi connectivity index (χ1n) is 3.46. The smallest absolute Gasteiger partial charge is 0.169 e. The van der Waals surface area contributed by atoms with Crippen LogP contribution in [0, 0.1) is 0 Å². The predicted octanol–water partition coefficient (Wildman–Crippen LogP) is 4.61. The second kappa shape index (κ2) is 4.61. The van der Waals surface area contributed by atoms with E-state index in [0.717, 1.165) is 0 Å². The Morgan fingerprint density at radius 1 is 1.15 bits per heavy atom. The first-order chi connectivity index (χ1) is 6.00. The van der Waals surface area contributed by atoms with Gasteiger partial charge < -0.3 is 4.74 Å². The van der Waals surface area contributed by atoms with Gasteiger partial charge in [0.1, 0.15) is 0 Å². The first-order valence-corrected chi connectivity index (χ1v) is 5.03. The molecule has 1 aromatic rings. The molecule has 0 aliphatic rings. The van der Waals surface area contributed by atoms with Crippen molar-refractivity contribution in [1.82, 2.24) is 0 Å². The van der Waals surface area contributed by atoms with Crippen LogP contribution < -0.4 is 4.74 Å². The maximum atomic E-state index is 5.83. The van der Waals surface area contributed by atoms with Crippen LogP contribution in [-0.4, -0.2) is 5.56 Å². The van der Waals surface area contributed by atoms with E-state index in [9.17, 15) is 0 Å². The van der Waals surface area contributed by atoms with Crippen molar-refractivity contribution in [2.45, 2.75) is 12.5 Å². The van der Waals surface area contributed by atoms with Gasteiger partial charge in [0, 0.05) is 5.02 Å². The van der Waals surface area contributed by atoms with E-state index in [4.69, 9.17) is 51.1 Å². The van der Waals surface area contributed by atoms with E-state index in [1.165, 1.54) is 0 Å². The molecule has 5 heteroatoms. The van der Waals surface area contributed by atoms with Crippen LogP contribution >= 0.6 is 46.4 Å². The normalized spacial score (nSPS) is 12.7. The van der Waals surface area contributed by atoms with Crippen molar-refractivity contribution in [3.63, 3.8) is 0 Å². The molecule has 0 spiro atoms. The lowest BCUT2D eigenvalue weighted by atomic mass is 10.3. The molecule has 0 saturated carbocycles. The predicted molar refractivity (Wildman–Crippen MR) is 57.4 cm³/mol. The van der Waals surface area contributed by atoms with Crippen molar-refractivity contribution in [2.24, 2.45) is 0 Å². The molecule has 13 heavy (non-hydrogen) atoms. The molecule has 0 fully saturated rings. The quantitative estimate of drug-likeness (QED) is 0.705. The third-order valence-electron chi connectivity index (χ3n) is 1.24. The van der Waals surface area contributed by atoms with Gasteiger partial charge in [-0.05, 0) is 19.1 Å². The number of alkyl halides is 1. The SMILES string of the molecule is CC(Cl)Oc1c(Cl)cc(Cl)cc1Cl. The van der Waals surface area contributed by atoms with Crippen LogP contribution in [0.15, 0.2) is 12.1 Å². The summed E-state index contributed by atoms with van der Waals surface area (Å²) in [4.78, 5) is 0. The van der Waals surface area contributed by atoms with Crippen LogP contribution in [0.25, 0.3) is 0 Å². The van der Waals surface area contributed by atoms with Crippen LogP contribution in [0.2, 0.25) is 15.1 Å².